The van der Waals surface area contributed by atoms with Gasteiger partial charge in [-0.25, -0.2) is 13.8 Å². The number of benzene rings is 2. The lowest BCUT2D eigenvalue weighted by molar-refractivity contribution is -0.115. The highest BCUT2D eigenvalue weighted by atomic mass is 32.1. The fraction of sp³-hybridized carbons (Fsp3) is 0.200. The molecule has 2 aromatic carbocycles. The van der Waals surface area contributed by atoms with Crippen molar-refractivity contribution in [3.05, 3.63) is 70.6 Å². The molecule has 1 N–H and O–H groups in total. The largest absolute Gasteiger partial charge is 0.302 e. The molecule has 1 amide bonds. The highest BCUT2D eigenvalue weighted by Gasteiger charge is 2.12. The van der Waals surface area contributed by atoms with E-state index in [1.807, 2.05) is 24.3 Å². The number of hydrogen-bond acceptors (Lipinski definition) is 3. The van der Waals surface area contributed by atoms with E-state index in [0.717, 1.165) is 11.6 Å². The molecular weight excluding hydrogens is 354 g/mol. The van der Waals surface area contributed by atoms with Crippen LogP contribution in [-0.2, 0) is 11.2 Å². The van der Waals surface area contributed by atoms with E-state index < -0.39 is 11.6 Å². The molecule has 0 unspecified atom stereocenters. The average molecular weight is 372 g/mol. The number of nitrogens with one attached hydrogen (secondary N) is 1. The second-order valence-corrected chi connectivity index (χ2v) is 7.14. The number of rotatable bonds is 5. The molecule has 3 aromatic rings. The zero-order valence-corrected chi connectivity index (χ0v) is 15.2. The van der Waals surface area contributed by atoms with Gasteiger partial charge in [-0.3, -0.25) is 4.79 Å². The second-order valence-electron chi connectivity index (χ2n) is 6.28. The molecular formula is C20H18F2N2OS. The van der Waals surface area contributed by atoms with E-state index in [1.165, 1.54) is 29.0 Å². The van der Waals surface area contributed by atoms with Gasteiger partial charge in [0, 0.05) is 17.0 Å². The van der Waals surface area contributed by atoms with Crippen molar-refractivity contribution in [3.8, 4) is 11.3 Å². The maximum Gasteiger partial charge on any atom is 0.230 e. The topological polar surface area (TPSA) is 42.0 Å². The van der Waals surface area contributed by atoms with Crippen molar-refractivity contribution < 1.29 is 13.6 Å². The highest BCUT2D eigenvalue weighted by molar-refractivity contribution is 7.14. The summed E-state index contributed by atoms with van der Waals surface area (Å²) in [5.74, 6) is -1.07. The van der Waals surface area contributed by atoms with Gasteiger partial charge in [0.15, 0.2) is 5.13 Å². The van der Waals surface area contributed by atoms with Crippen molar-refractivity contribution in [2.45, 2.75) is 26.2 Å². The minimum atomic E-state index is -0.682. The number of thiazole rings is 1. The van der Waals surface area contributed by atoms with E-state index in [9.17, 15) is 13.6 Å². The fourth-order valence-corrected chi connectivity index (χ4v) is 3.25. The minimum Gasteiger partial charge on any atom is -0.302 e. The lowest BCUT2D eigenvalue weighted by Crippen LogP contribution is -2.14. The summed E-state index contributed by atoms with van der Waals surface area (Å²) in [5, 5.41) is 4.73. The summed E-state index contributed by atoms with van der Waals surface area (Å²) in [6.45, 7) is 4.23. The van der Waals surface area contributed by atoms with Crippen LogP contribution in [0.5, 0.6) is 0 Å². The maximum atomic E-state index is 13.8. The standard InChI is InChI=1S/C20H18F2N2OS/c1-12(2)14-5-3-13(4-6-14)9-19(25)24-20-23-18(11-26-20)16-8-7-15(21)10-17(16)22/h3-8,10-12H,9H2,1-2H3,(H,23,24,25). The summed E-state index contributed by atoms with van der Waals surface area (Å²) in [4.78, 5) is 16.4. The summed E-state index contributed by atoms with van der Waals surface area (Å²) in [6.07, 6.45) is 0.234. The third-order valence-electron chi connectivity index (χ3n) is 3.97. The highest BCUT2D eigenvalue weighted by Crippen LogP contribution is 2.27. The molecule has 3 rings (SSSR count). The van der Waals surface area contributed by atoms with E-state index in [4.69, 9.17) is 0 Å². The van der Waals surface area contributed by atoms with Crippen LogP contribution in [-0.4, -0.2) is 10.9 Å². The molecule has 1 heterocycles. The molecule has 0 aliphatic rings. The Kier molecular flexibility index (Phi) is 5.42. The SMILES string of the molecule is CC(C)c1ccc(CC(=O)Nc2nc(-c3ccc(F)cc3F)cs2)cc1. The zero-order valence-electron chi connectivity index (χ0n) is 14.4. The first kappa shape index (κ1) is 18.2. The van der Waals surface area contributed by atoms with Crippen molar-refractivity contribution in [1.82, 2.24) is 4.98 Å². The Morgan fingerprint density at radius 2 is 1.88 bits per heavy atom. The van der Waals surface area contributed by atoms with Gasteiger partial charge in [-0.1, -0.05) is 38.1 Å². The Labute approximate surface area is 154 Å². The summed E-state index contributed by atoms with van der Waals surface area (Å²) in [5.41, 5.74) is 2.70. The van der Waals surface area contributed by atoms with Gasteiger partial charge < -0.3 is 5.32 Å². The predicted molar refractivity (Wildman–Crippen MR) is 100 cm³/mol. The van der Waals surface area contributed by atoms with Gasteiger partial charge >= 0.3 is 0 Å². The molecule has 1 aromatic heterocycles. The van der Waals surface area contributed by atoms with Crippen LogP contribution in [0.4, 0.5) is 13.9 Å². The lowest BCUT2D eigenvalue weighted by atomic mass is 10.0. The van der Waals surface area contributed by atoms with Crippen LogP contribution >= 0.6 is 11.3 Å². The monoisotopic (exact) mass is 372 g/mol. The maximum absolute atomic E-state index is 13.8. The molecule has 0 saturated carbocycles. The number of aromatic nitrogens is 1. The van der Waals surface area contributed by atoms with Crippen molar-refractivity contribution in [3.63, 3.8) is 0 Å². The Bertz CT molecular complexity index is 920. The van der Waals surface area contributed by atoms with Crippen molar-refractivity contribution in [1.29, 1.82) is 0 Å². The molecule has 0 fully saturated rings. The van der Waals surface area contributed by atoms with Crippen LogP contribution in [0.15, 0.2) is 47.8 Å². The minimum absolute atomic E-state index is 0.192. The van der Waals surface area contributed by atoms with Gasteiger partial charge in [-0.15, -0.1) is 11.3 Å². The summed E-state index contributed by atoms with van der Waals surface area (Å²) < 4.78 is 26.8. The molecule has 134 valence electrons. The lowest BCUT2D eigenvalue weighted by Gasteiger charge is -2.06. The molecule has 0 radical (unpaired) electrons. The fourth-order valence-electron chi connectivity index (χ4n) is 2.52. The molecule has 6 heteroatoms. The number of amides is 1. The van der Waals surface area contributed by atoms with Crippen LogP contribution < -0.4 is 5.32 Å². The molecule has 3 nitrogen and oxygen atoms in total. The van der Waals surface area contributed by atoms with E-state index in [1.54, 1.807) is 5.38 Å². The number of anilines is 1. The van der Waals surface area contributed by atoms with Crippen molar-refractivity contribution >= 4 is 22.4 Å². The summed E-state index contributed by atoms with van der Waals surface area (Å²) in [7, 11) is 0. The normalized spacial score (nSPS) is 11.0. The van der Waals surface area contributed by atoms with Gasteiger partial charge in [-0.2, -0.15) is 0 Å². The molecule has 0 atom stereocenters. The number of carbonyl (C=O) groups excluding carboxylic acids is 1. The smallest absolute Gasteiger partial charge is 0.230 e. The molecule has 0 bridgehead atoms. The average Bonchev–Trinajstić information content (AvgIpc) is 3.03. The van der Waals surface area contributed by atoms with Crippen molar-refractivity contribution in [2.24, 2.45) is 0 Å². The molecule has 0 spiro atoms. The third kappa shape index (κ3) is 4.32. The first-order valence-electron chi connectivity index (χ1n) is 8.22. The van der Waals surface area contributed by atoms with Crippen LogP contribution in [0, 0.1) is 11.6 Å². The van der Waals surface area contributed by atoms with E-state index in [-0.39, 0.29) is 17.9 Å². The second kappa shape index (κ2) is 7.74. The summed E-state index contributed by atoms with van der Waals surface area (Å²) >= 11 is 1.20. The Morgan fingerprint density at radius 3 is 2.54 bits per heavy atom. The Hall–Kier alpha value is -2.60. The number of hydrogen-bond donors (Lipinski definition) is 1. The Balaban J connectivity index is 1.66. The van der Waals surface area contributed by atoms with Gasteiger partial charge in [0.05, 0.1) is 12.1 Å². The summed E-state index contributed by atoms with van der Waals surface area (Å²) in [6, 6.07) is 11.2. The van der Waals surface area contributed by atoms with E-state index >= 15 is 0 Å². The zero-order chi connectivity index (χ0) is 18.7. The van der Waals surface area contributed by atoms with E-state index in [2.05, 4.69) is 24.1 Å². The first-order valence-corrected chi connectivity index (χ1v) is 9.10. The van der Waals surface area contributed by atoms with Crippen LogP contribution in [0.25, 0.3) is 11.3 Å². The molecule has 0 saturated heterocycles. The first-order chi connectivity index (χ1) is 12.4. The Morgan fingerprint density at radius 1 is 1.15 bits per heavy atom. The van der Waals surface area contributed by atoms with Gasteiger partial charge in [0.2, 0.25) is 5.91 Å². The number of nitrogens with zero attached hydrogens (tertiary/aromatic N) is 1. The van der Waals surface area contributed by atoms with Gasteiger partial charge in [0.1, 0.15) is 11.6 Å². The predicted octanol–water partition coefficient (Wildman–Crippen LogP) is 5.39. The molecule has 0 aliphatic carbocycles. The number of carbonyl (C=O) groups is 1. The van der Waals surface area contributed by atoms with Crippen LogP contribution in [0.1, 0.15) is 30.9 Å². The van der Waals surface area contributed by atoms with Gasteiger partial charge in [-0.05, 0) is 29.2 Å². The molecule has 26 heavy (non-hydrogen) atoms. The van der Waals surface area contributed by atoms with Crippen molar-refractivity contribution in [2.75, 3.05) is 5.32 Å². The van der Waals surface area contributed by atoms with Gasteiger partial charge in [0.25, 0.3) is 0 Å². The quantitative estimate of drug-likeness (QED) is 0.652. The van der Waals surface area contributed by atoms with Crippen LogP contribution in [0.3, 0.4) is 0 Å². The molecule has 0 aliphatic heterocycles. The van der Waals surface area contributed by atoms with E-state index in [0.29, 0.717) is 16.7 Å². The number of halogens is 2. The third-order valence-corrected chi connectivity index (χ3v) is 4.73. The van der Waals surface area contributed by atoms with Crippen LogP contribution in [0.2, 0.25) is 0 Å².